The first-order valence-electron chi connectivity index (χ1n) is 6.22. The zero-order valence-electron chi connectivity index (χ0n) is 10.0. The van der Waals surface area contributed by atoms with Crippen LogP contribution in [0.5, 0.6) is 0 Å². The summed E-state index contributed by atoms with van der Waals surface area (Å²) in [6.45, 7) is 6.61. The molecule has 0 saturated heterocycles. The second kappa shape index (κ2) is 6.83. The molecular weight excluding hydrogens is 188 g/mol. The van der Waals surface area contributed by atoms with Crippen molar-refractivity contribution in [1.29, 1.82) is 0 Å². The summed E-state index contributed by atoms with van der Waals surface area (Å²) in [5.74, 6) is 1.16. The van der Waals surface area contributed by atoms with Crippen LogP contribution in [0.1, 0.15) is 39.5 Å². The minimum atomic E-state index is 0.0892. The minimum absolute atomic E-state index is 0.0892. The molecule has 1 atom stereocenters. The van der Waals surface area contributed by atoms with E-state index in [1.54, 1.807) is 0 Å². The number of amides is 1. The third-order valence-electron chi connectivity index (χ3n) is 3.22. The zero-order chi connectivity index (χ0) is 11.1. The first-order valence-corrected chi connectivity index (χ1v) is 6.22. The molecule has 2 N–H and O–H groups in total. The van der Waals surface area contributed by atoms with E-state index in [0.717, 1.165) is 25.6 Å². The minimum Gasteiger partial charge on any atom is -0.356 e. The van der Waals surface area contributed by atoms with Crippen molar-refractivity contribution < 1.29 is 4.79 Å². The van der Waals surface area contributed by atoms with Crippen LogP contribution in [0.4, 0.5) is 0 Å². The van der Waals surface area contributed by atoms with Crippen LogP contribution >= 0.6 is 0 Å². The van der Waals surface area contributed by atoms with E-state index < -0.39 is 0 Å². The van der Waals surface area contributed by atoms with Crippen molar-refractivity contribution in [2.45, 2.75) is 39.5 Å². The first kappa shape index (κ1) is 12.5. The van der Waals surface area contributed by atoms with Gasteiger partial charge >= 0.3 is 0 Å². The standard InChI is InChI=1S/C12H24N2O/c1-3-13-9-10(2)12(15)14-8-7-11-5-4-6-11/h10-11,13H,3-9H2,1-2H3,(H,14,15). The molecule has 1 fully saturated rings. The number of hydrogen-bond acceptors (Lipinski definition) is 2. The van der Waals surface area contributed by atoms with Gasteiger partial charge in [0.1, 0.15) is 0 Å². The van der Waals surface area contributed by atoms with E-state index in [4.69, 9.17) is 0 Å². The van der Waals surface area contributed by atoms with Gasteiger partial charge in [-0.15, -0.1) is 0 Å². The lowest BCUT2D eigenvalue weighted by Gasteiger charge is -2.25. The average molecular weight is 212 g/mol. The van der Waals surface area contributed by atoms with Gasteiger partial charge in [0.25, 0.3) is 0 Å². The molecule has 3 nitrogen and oxygen atoms in total. The molecule has 15 heavy (non-hydrogen) atoms. The lowest BCUT2D eigenvalue weighted by molar-refractivity contribution is -0.124. The van der Waals surface area contributed by atoms with E-state index in [2.05, 4.69) is 17.6 Å². The molecule has 1 saturated carbocycles. The fraction of sp³-hybridized carbons (Fsp3) is 0.917. The molecule has 0 bridgehead atoms. The number of rotatable bonds is 7. The largest absolute Gasteiger partial charge is 0.356 e. The molecule has 0 aromatic rings. The number of carbonyl (C=O) groups is 1. The van der Waals surface area contributed by atoms with E-state index in [1.807, 2.05) is 6.92 Å². The molecule has 88 valence electrons. The lowest BCUT2D eigenvalue weighted by atomic mass is 9.83. The van der Waals surface area contributed by atoms with Crippen molar-refractivity contribution in [3.8, 4) is 0 Å². The topological polar surface area (TPSA) is 41.1 Å². The van der Waals surface area contributed by atoms with Crippen LogP contribution in [0.15, 0.2) is 0 Å². The molecule has 0 radical (unpaired) electrons. The monoisotopic (exact) mass is 212 g/mol. The van der Waals surface area contributed by atoms with Crippen LogP contribution in [0.2, 0.25) is 0 Å². The number of nitrogens with one attached hydrogen (secondary N) is 2. The van der Waals surface area contributed by atoms with E-state index in [1.165, 1.54) is 25.7 Å². The Morgan fingerprint density at radius 2 is 2.20 bits per heavy atom. The van der Waals surface area contributed by atoms with E-state index in [-0.39, 0.29) is 11.8 Å². The van der Waals surface area contributed by atoms with Crippen LogP contribution in [0, 0.1) is 11.8 Å². The van der Waals surface area contributed by atoms with Gasteiger partial charge in [0, 0.05) is 19.0 Å². The van der Waals surface area contributed by atoms with Crippen LogP contribution in [0.3, 0.4) is 0 Å². The van der Waals surface area contributed by atoms with Crippen LogP contribution in [0.25, 0.3) is 0 Å². The molecule has 3 heteroatoms. The fourth-order valence-electron chi connectivity index (χ4n) is 1.81. The SMILES string of the molecule is CCNCC(C)C(=O)NCCC1CCC1. The van der Waals surface area contributed by atoms with Gasteiger partial charge in [-0.2, -0.15) is 0 Å². The molecule has 0 aromatic carbocycles. The third kappa shape index (κ3) is 4.65. The molecule has 1 unspecified atom stereocenters. The van der Waals surface area contributed by atoms with Gasteiger partial charge in [0.2, 0.25) is 5.91 Å². The molecule has 0 aliphatic heterocycles. The maximum Gasteiger partial charge on any atom is 0.224 e. The van der Waals surface area contributed by atoms with Crippen molar-refractivity contribution >= 4 is 5.91 Å². The van der Waals surface area contributed by atoms with E-state index in [9.17, 15) is 4.79 Å². The summed E-state index contributed by atoms with van der Waals surface area (Å²) >= 11 is 0. The van der Waals surface area contributed by atoms with Crippen molar-refractivity contribution in [3.63, 3.8) is 0 Å². The molecule has 1 rings (SSSR count). The van der Waals surface area contributed by atoms with Gasteiger partial charge in [0.05, 0.1) is 0 Å². The second-order valence-electron chi connectivity index (χ2n) is 4.59. The summed E-state index contributed by atoms with van der Waals surface area (Å²) < 4.78 is 0. The van der Waals surface area contributed by atoms with E-state index in [0.29, 0.717) is 0 Å². The van der Waals surface area contributed by atoms with Crippen LogP contribution in [-0.2, 0) is 4.79 Å². The molecule has 1 aliphatic carbocycles. The summed E-state index contributed by atoms with van der Waals surface area (Å²) in [6.07, 6.45) is 5.28. The Balaban J connectivity index is 2.00. The smallest absolute Gasteiger partial charge is 0.224 e. The highest BCUT2D eigenvalue weighted by Gasteiger charge is 2.17. The predicted molar refractivity (Wildman–Crippen MR) is 62.7 cm³/mol. The van der Waals surface area contributed by atoms with Gasteiger partial charge < -0.3 is 10.6 Å². The molecule has 0 spiro atoms. The summed E-state index contributed by atoms with van der Waals surface area (Å²) in [6, 6.07) is 0. The van der Waals surface area contributed by atoms with Crippen LogP contribution < -0.4 is 10.6 Å². The maximum absolute atomic E-state index is 11.6. The summed E-state index contributed by atoms with van der Waals surface area (Å²) in [7, 11) is 0. The second-order valence-corrected chi connectivity index (χ2v) is 4.59. The molecule has 1 amide bonds. The van der Waals surface area contributed by atoms with Gasteiger partial charge in [-0.1, -0.05) is 33.1 Å². The highest BCUT2D eigenvalue weighted by Crippen LogP contribution is 2.28. The third-order valence-corrected chi connectivity index (χ3v) is 3.22. The van der Waals surface area contributed by atoms with E-state index >= 15 is 0 Å². The Morgan fingerprint density at radius 1 is 1.47 bits per heavy atom. The molecule has 0 heterocycles. The van der Waals surface area contributed by atoms with Crippen molar-refractivity contribution in [2.24, 2.45) is 11.8 Å². The quantitative estimate of drug-likeness (QED) is 0.672. The summed E-state index contributed by atoms with van der Waals surface area (Å²) in [5, 5.41) is 6.20. The molecule has 1 aliphatic rings. The van der Waals surface area contributed by atoms with Crippen molar-refractivity contribution in [3.05, 3.63) is 0 Å². The Kier molecular flexibility index (Phi) is 5.69. The Labute approximate surface area is 93.0 Å². The summed E-state index contributed by atoms with van der Waals surface area (Å²) in [5.41, 5.74) is 0. The summed E-state index contributed by atoms with van der Waals surface area (Å²) in [4.78, 5) is 11.6. The fourth-order valence-corrected chi connectivity index (χ4v) is 1.81. The lowest BCUT2D eigenvalue weighted by Crippen LogP contribution is -2.36. The molecular formula is C12H24N2O. The first-order chi connectivity index (χ1) is 7.24. The molecule has 0 aromatic heterocycles. The predicted octanol–water partition coefficient (Wildman–Crippen LogP) is 1.54. The highest BCUT2D eigenvalue weighted by molar-refractivity contribution is 5.78. The average Bonchev–Trinajstić information content (AvgIpc) is 2.17. The van der Waals surface area contributed by atoms with Gasteiger partial charge in [-0.3, -0.25) is 4.79 Å². The van der Waals surface area contributed by atoms with Crippen molar-refractivity contribution in [2.75, 3.05) is 19.6 Å². The number of carbonyl (C=O) groups excluding carboxylic acids is 1. The van der Waals surface area contributed by atoms with Crippen molar-refractivity contribution in [1.82, 2.24) is 10.6 Å². The van der Waals surface area contributed by atoms with Gasteiger partial charge in [-0.25, -0.2) is 0 Å². The van der Waals surface area contributed by atoms with Gasteiger partial charge in [0.15, 0.2) is 0 Å². The Hall–Kier alpha value is -0.570. The normalized spacial score (nSPS) is 18.3. The van der Waals surface area contributed by atoms with Gasteiger partial charge in [-0.05, 0) is 18.9 Å². The number of hydrogen-bond donors (Lipinski definition) is 2. The zero-order valence-corrected chi connectivity index (χ0v) is 10.0. The maximum atomic E-state index is 11.6. The Morgan fingerprint density at radius 3 is 2.73 bits per heavy atom. The van der Waals surface area contributed by atoms with Crippen LogP contribution in [-0.4, -0.2) is 25.5 Å². The highest BCUT2D eigenvalue weighted by atomic mass is 16.1. The Bertz CT molecular complexity index is 190.